The van der Waals surface area contributed by atoms with Gasteiger partial charge in [0, 0.05) is 13.3 Å². The van der Waals surface area contributed by atoms with Crippen LogP contribution in [0.15, 0.2) is 48.6 Å². The molecule has 0 aliphatic heterocycles. The Kier molecular flexibility index (Phi) is 22.3. The molecule has 0 aromatic carbocycles. The van der Waals surface area contributed by atoms with Crippen molar-refractivity contribution >= 4 is 19.8 Å². The van der Waals surface area contributed by atoms with Crippen LogP contribution >= 0.6 is 7.82 Å². The number of rotatable bonds is 24. The monoisotopic (exact) mass is 602 g/mol. The Hall–Kier alpha value is -2.07. The van der Waals surface area contributed by atoms with E-state index in [4.69, 9.17) is 18.5 Å². The smallest absolute Gasteiger partial charge is 0.462 e. The summed E-state index contributed by atoms with van der Waals surface area (Å²) in [5.41, 5.74) is 0. The lowest BCUT2D eigenvalue weighted by Crippen LogP contribution is -2.37. The molecule has 0 bridgehead atoms. The number of quaternary nitrogens is 1. The Morgan fingerprint density at radius 1 is 0.878 bits per heavy atom. The third kappa shape index (κ3) is 27.9. The van der Waals surface area contributed by atoms with Gasteiger partial charge in [-0.1, -0.05) is 55.5 Å². The predicted molar refractivity (Wildman–Crippen MR) is 161 cm³/mol. The first-order chi connectivity index (χ1) is 19.3. The van der Waals surface area contributed by atoms with Crippen molar-refractivity contribution in [3.8, 4) is 0 Å². The summed E-state index contributed by atoms with van der Waals surface area (Å²) in [6, 6.07) is 0. The first-order valence-electron chi connectivity index (χ1n) is 14.4. The van der Waals surface area contributed by atoms with E-state index in [1.165, 1.54) is 6.92 Å². The zero-order valence-electron chi connectivity index (χ0n) is 25.6. The van der Waals surface area contributed by atoms with Crippen molar-refractivity contribution in [2.45, 2.75) is 83.8 Å². The average Bonchev–Trinajstić information content (AvgIpc) is 2.88. The summed E-state index contributed by atoms with van der Waals surface area (Å²) in [4.78, 5) is 33.2. The van der Waals surface area contributed by atoms with Gasteiger partial charge in [-0.3, -0.25) is 18.6 Å². The van der Waals surface area contributed by atoms with Crippen LogP contribution in [-0.2, 0) is 32.7 Å². The van der Waals surface area contributed by atoms with E-state index >= 15 is 0 Å². The number of allylic oxidation sites excluding steroid dienone is 8. The standard InChI is InChI=1S/C30H52NO9P/c1-6-28(33)21-19-17-15-13-11-9-7-8-10-12-14-16-18-20-22-30(34)37-25-29(40-27(2)32)26-39-41(35,36)38-24-23-31(3,4)5/h8-11,14-17,28-29,33H,6-7,12-13,18-26H2,1-5H3/p+1/b10-8-,11-9-,16-14-,17-15-/t28-,29+/m0/s1. The highest BCUT2D eigenvalue weighted by Gasteiger charge is 2.26. The lowest BCUT2D eigenvalue weighted by molar-refractivity contribution is -0.870. The minimum Gasteiger partial charge on any atom is -0.462 e. The van der Waals surface area contributed by atoms with Gasteiger partial charge in [0.1, 0.15) is 19.8 Å². The molecule has 3 atom stereocenters. The molecule has 0 aliphatic rings. The van der Waals surface area contributed by atoms with Crippen LogP contribution in [0.2, 0.25) is 0 Å². The number of unbranched alkanes of at least 4 members (excludes halogenated alkanes) is 1. The second kappa shape index (κ2) is 23.5. The molecule has 0 aliphatic carbocycles. The first kappa shape index (κ1) is 38.9. The molecular weight excluding hydrogens is 549 g/mol. The molecule has 10 nitrogen and oxygen atoms in total. The fourth-order valence-corrected chi connectivity index (χ4v) is 3.90. The quantitative estimate of drug-likeness (QED) is 0.0489. The summed E-state index contributed by atoms with van der Waals surface area (Å²) in [6.07, 6.45) is 22.2. The van der Waals surface area contributed by atoms with Gasteiger partial charge in [0.2, 0.25) is 0 Å². The Morgan fingerprint density at radius 3 is 1.98 bits per heavy atom. The van der Waals surface area contributed by atoms with Crippen LogP contribution in [0.5, 0.6) is 0 Å². The Morgan fingerprint density at radius 2 is 1.44 bits per heavy atom. The Labute approximate surface area is 246 Å². The zero-order valence-corrected chi connectivity index (χ0v) is 26.5. The maximum atomic E-state index is 12.1. The zero-order chi connectivity index (χ0) is 31.0. The molecule has 0 spiro atoms. The number of hydrogen-bond donors (Lipinski definition) is 2. The normalized spacial score (nSPS) is 15.6. The highest BCUT2D eigenvalue weighted by molar-refractivity contribution is 7.47. The summed E-state index contributed by atoms with van der Waals surface area (Å²) in [7, 11) is 1.40. The number of phosphoric acid groups is 1. The molecule has 0 saturated heterocycles. The van der Waals surface area contributed by atoms with Crippen LogP contribution in [-0.4, -0.2) is 86.1 Å². The number of esters is 2. The van der Waals surface area contributed by atoms with Gasteiger partial charge in [-0.15, -0.1) is 0 Å². The molecule has 0 aromatic heterocycles. The van der Waals surface area contributed by atoms with Crippen LogP contribution in [0.25, 0.3) is 0 Å². The summed E-state index contributed by atoms with van der Waals surface area (Å²) in [5, 5.41) is 9.50. The second-order valence-electron chi connectivity index (χ2n) is 10.7. The fourth-order valence-electron chi connectivity index (χ4n) is 3.16. The number of hydrogen-bond acceptors (Lipinski definition) is 8. The first-order valence-corrected chi connectivity index (χ1v) is 15.9. The molecule has 0 rings (SSSR count). The number of aliphatic hydroxyl groups excluding tert-OH is 1. The molecule has 0 amide bonds. The van der Waals surface area contributed by atoms with Gasteiger partial charge in [-0.05, 0) is 51.4 Å². The van der Waals surface area contributed by atoms with Gasteiger partial charge in [0.25, 0.3) is 0 Å². The average molecular weight is 603 g/mol. The van der Waals surface area contributed by atoms with Crippen molar-refractivity contribution in [1.82, 2.24) is 0 Å². The number of carbonyl (C=O) groups excluding carboxylic acids is 2. The number of likely N-dealkylation sites (N-methyl/N-ethyl adjacent to an activating group) is 1. The van der Waals surface area contributed by atoms with Crippen LogP contribution in [0, 0.1) is 0 Å². The second-order valence-corrected chi connectivity index (χ2v) is 12.1. The molecule has 0 radical (unpaired) electrons. The lowest BCUT2D eigenvalue weighted by Gasteiger charge is -2.24. The summed E-state index contributed by atoms with van der Waals surface area (Å²) < 4.78 is 32.7. The number of nitrogens with zero attached hydrogens (tertiary/aromatic N) is 1. The van der Waals surface area contributed by atoms with Gasteiger partial charge in [-0.25, -0.2) is 4.57 Å². The SMILES string of the molecule is CC[C@H](O)CC/C=C\C/C=C\C/C=C\C/C=C\CCCC(=O)OC[C@H](COP(=O)(O)OCC[N+](C)(C)C)OC(C)=O. The number of ether oxygens (including phenoxy) is 2. The van der Waals surface area contributed by atoms with Crippen molar-refractivity contribution in [2.24, 2.45) is 0 Å². The van der Waals surface area contributed by atoms with Crippen molar-refractivity contribution in [2.75, 3.05) is 47.5 Å². The van der Waals surface area contributed by atoms with Crippen molar-refractivity contribution in [1.29, 1.82) is 0 Å². The maximum absolute atomic E-state index is 12.1. The molecule has 0 aromatic rings. The third-order valence-corrected chi connectivity index (χ3v) is 6.56. The fraction of sp³-hybridized carbons (Fsp3) is 0.667. The molecule has 0 saturated carbocycles. The van der Waals surface area contributed by atoms with Crippen LogP contribution in [0.3, 0.4) is 0 Å². The topological polar surface area (TPSA) is 129 Å². The minimum atomic E-state index is -4.34. The summed E-state index contributed by atoms with van der Waals surface area (Å²) >= 11 is 0. The van der Waals surface area contributed by atoms with E-state index in [1.807, 2.05) is 40.2 Å². The van der Waals surface area contributed by atoms with Crippen LogP contribution in [0.1, 0.15) is 71.6 Å². The molecule has 236 valence electrons. The van der Waals surface area contributed by atoms with Crippen LogP contribution < -0.4 is 0 Å². The van der Waals surface area contributed by atoms with Crippen molar-refractivity contribution in [3.05, 3.63) is 48.6 Å². The Bertz CT molecular complexity index is 878. The predicted octanol–water partition coefficient (Wildman–Crippen LogP) is 5.42. The molecule has 2 N–H and O–H groups in total. The Balaban J connectivity index is 4.08. The van der Waals surface area contributed by atoms with Crippen LogP contribution in [0.4, 0.5) is 0 Å². The lowest BCUT2D eigenvalue weighted by atomic mass is 10.1. The summed E-state index contributed by atoms with van der Waals surface area (Å²) in [6.45, 7) is 2.95. The van der Waals surface area contributed by atoms with Gasteiger partial charge >= 0.3 is 19.8 Å². The van der Waals surface area contributed by atoms with E-state index in [1.54, 1.807) is 0 Å². The van der Waals surface area contributed by atoms with E-state index in [-0.39, 0.29) is 25.7 Å². The number of phosphoric ester groups is 1. The van der Waals surface area contributed by atoms with Gasteiger partial charge in [0.05, 0.1) is 33.9 Å². The van der Waals surface area contributed by atoms with E-state index < -0.39 is 32.5 Å². The van der Waals surface area contributed by atoms with E-state index in [0.717, 1.165) is 44.9 Å². The molecule has 41 heavy (non-hydrogen) atoms. The highest BCUT2D eigenvalue weighted by Crippen LogP contribution is 2.43. The number of aliphatic hydroxyl groups is 1. The van der Waals surface area contributed by atoms with Gasteiger partial charge in [0.15, 0.2) is 6.10 Å². The molecule has 0 heterocycles. The van der Waals surface area contributed by atoms with Crippen molar-refractivity contribution in [3.63, 3.8) is 0 Å². The van der Waals surface area contributed by atoms with E-state index in [9.17, 15) is 24.2 Å². The van der Waals surface area contributed by atoms with Gasteiger partial charge < -0.3 is 24.0 Å². The largest absolute Gasteiger partial charge is 0.472 e. The van der Waals surface area contributed by atoms with E-state index in [0.29, 0.717) is 17.4 Å². The number of carbonyl (C=O) groups is 2. The van der Waals surface area contributed by atoms with E-state index in [2.05, 4.69) is 36.5 Å². The summed E-state index contributed by atoms with van der Waals surface area (Å²) in [5.74, 6) is -1.09. The highest BCUT2D eigenvalue weighted by atomic mass is 31.2. The molecule has 11 heteroatoms. The van der Waals surface area contributed by atoms with Crippen molar-refractivity contribution < 1.29 is 47.2 Å². The third-order valence-electron chi connectivity index (χ3n) is 5.58. The molecule has 0 fully saturated rings. The molecule has 1 unspecified atom stereocenters. The van der Waals surface area contributed by atoms with Gasteiger partial charge in [-0.2, -0.15) is 0 Å². The maximum Gasteiger partial charge on any atom is 0.472 e. The minimum absolute atomic E-state index is 0.0119. The molecular formula is C30H53NO9P+.